The van der Waals surface area contributed by atoms with Gasteiger partial charge in [-0.3, -0.25) is 0 Å². The molecule has 14 heavy (non-hydrogen) atoms. The Morgan fingerprint density at radius 2 is 2.29 bits per heavy atom. The van der Waals surface area contributed by atoms with E-state index >= 15 is 0 Å². The van der Waals surface area contributed by atoms with Gasteiger partial charge in [0.05, 0.1) is 0 Å². The summed E-state index contributed by atoms with van der Waals surface area (Å²) in [5.41, 5.74) is 6.72. The average Bonchev–Trinajstić information content (AvgIpc) is 2.71. The van der Waals surface area contributed by atoms with Gasteiger partial charge < -0.3 is 5.73 Å². The highest BCUT2D eigenvalue weighted by molar-refractivity contribution is 5.25. The van der Waals surface area contributed by atoms with Gasteiger partial charge in [0.1, 0.15) is 12.7 Å². The van der Waals surface area contributed by atoms with Gasteiger partial charge >= 0.3 is 0 Å². The highest BCUT2D eigenvalue weighted by atomic mass is 15.3. The zero-order valence-electron chi connectivity index (χ0n) is 7.83. The highest BCUT2D eigenvalue weighted by Crippen LogP contribution is 2.09. The summed E-state index contributed by atoms with van der Waals surface area (Å²) in [4.78, 5) is 8.07. The predicted molar refractivity (Wildman–Crippen MR) is 51.8 cm³/mol. The lowest BCUT2D eigenvalue weighted by molar-refractivity contribution is 0.796. The van der Waals surface area contributed by atoms with E-state index in [2.05, 4.69) is 15.1 Å². The Morgan fingerprint density at radius 1 is 1.43 bits per heavy atom. The molecule has 2 aromatic heterocycles. The topological polar surface area (TPSA) is 69.6 Å². The third-order valence-corrected chi connectivity index (χ3v) is 1.95. The quantitative estimate of drug-likeness (QED) is 0.754. The molecular formula is C9H11N5. The maximum absolute atomic E-state index is 5.71. The van der Waals surface area contributed by atoms with Crippen molar-refractivity contribution in [3.8, 4) is 5.82 Å². The second-order valence-corrected chi connectivity index (χ2v) is 3.08. The van der Waals surface area contributed by atoms with E-state index in [0.29, 0.717) is 0 Å². The van der Waals surface area contributed by atoms with Crippen LogP contribution in [0.5, 0.6) is 0 Å². The number of rotatable bonds is 2. The van der Waals surface area contributed by atoms with Crippen molar-refractivity contribution in [1.82, 2.24) is 19.7 Å². The Bertz CT molecular complexity index is 390. The summed E-state index contributed by atoms with van der Waals surface area (Å²) in [6.45, 7) is 1.92. The molecule has 5 heteroatoms. The van der Waals surface area contributed by atoms with Gasteiger partial charge in [0.2, 0.25) is 0 Å². The summed E-state index contributed by atoms with van der Waals surface area (Å²) in [5.74, 6) is 0.743. The lowest BCUT2D eigenvalue weighted by atomic mass is 10.2. The van der Waals surface area contributed by atoms with Crippen molar-refractivity contribution in [2.75, 3.05) is 0 Å². The number of hydrogen-bond acceptors (Lipinski definition) is 4. The van der Waals surface area contributed by atoms with E-state index in [9.17, 15) is 0 Å². The van der Waals surface area contributed by atoms with Gasteiger partial charge in [-0.15, -0.1) is 0 Å². The van der Waals surface area contributed by atoms with Gasteiger partial charge in [-0.1, -0.05) is 6.07 Å². The van der Waals surface area contributed by atoms with Crippen molar-refractivity contribution in [3.63, 3.8) is 0 Å². The van der Waals surface area contributed by atoms with Crippen LogP contribution in [0, 0.1) is 0 Å². The number of nitrogens with two attached hydrogens (primary N) is 1. The maximum atomic E-state index is 5.71. The molecular weight excluding hydrogens is 178 g/mol. The largest absolute Gasteiger partial charge is 0.324 e. The Balaban J connectivity index is 2.31. The standard InChI is InChI=1S/C9H11N5/c1-7(10)8-2-3-9(12-4-8)14-6-11-5-13-14/h2-7H,10H2,1H3/t7-/m1/s1. The summed E-state index contributed by atoms with van der Waals surface area (Å²) in [7, 11) is 0. The average molecular weight is 189 g/mol. The van der Waals surface area contributed by atoms with Crippen LogP contribution in [-0.4, -0.2) is 19.7 Å². The molecule has 0 radical (unpaired) electrons. The number of pyridine rings is 1. The van der Waals surface area contributed by atoms with Crippen LogP contribution in [0.15, 0.2) is 31.0 Å². The number of nitrogens with zero attached hydrogens (tertiary/aromatic N) is 4. The van der Waals surface area contributed by atoms with Crippen molar-refractivity contribution in [2.45, 2.75) is 13.0 Å². The molecule has 2 heterocycles. The van der Waals surface area contributed by atoms with Crippen LogP contribution in [0.4, 0.5) is 0 Å². The first-order chi connectivity index (χ1) is 6.77. The molecule has 0 amide bonds. The zero-order chi connectivity index (χ0) is 9.97. The number of hydrogen-bond donors (Lipinski definition) is 1. The molecule has 0 spiro atoms. The Morgan fingerprint density at radius 3 is 2.79 bits per heavy atom. The molecule has 0 fully saturated rings. The van der Waals surface area contributed by atoms with E-state index < -0.39 is 0 Å². The van der Waals surface area contributed by atoms with Crippen LogP contribution < -0.4 is 5.73 Å². The minimum atomic E-state index is 0.00676. The van der Waals surface area contributed by atoms with E-state index in [1.54, 1.807) is 17.2 Å². The van der Waals surface area contributed by atoms with E-state index in [-0.39, 0.29) is 6.04 Å². The molecule has 0 aliphatic heterocycles. The molecule has 5 nitrogen and oxygen atoms in total. The van der Waals surface area contributed by atoms with E-state index in [0.717, 1.165) is 11.4 Å². The fourth-order valence-corrected chi connectivity index (χ4v) is 1.13. The smallest absolute Gasteiger partial charge is 0.155 e. The van der Waals surface area contributed by atoms with Gasteiger partial charge in [0, 0.05) is 12.2 Å². The fourth-order valence-electron chi connectivity index (χ4n) is 1.13. The summed E-state index contributed by atoms with van der Waals surface area (Å²) in [5, 5.41) is 3.97. The molecule has 0 unspecified atom stereocenters. The summed E-state index contributed by atoms with van der Waals surface area (Å²) < 4.78 is 1.60. The van der Waals surface area contributed by atoms with Crippen LogP contribution >= 0.6 is 0 Å². The normalized spacial score (nSPS) is 12.7. The van der Waals surface area contributed by atoms with Gasteiger partial charge in [-0.05, 0) is 18.6 Å². The van der Waals surface area contributed by atoms with Crippen LogP contribution in [0.25, 0.3) is 5.82 Å². The summed E-state index contributed by atoms with van der Waals surface area (Å²) in [6.07, 6.45) is 4.83. The molecule has 2 N–H and O–H groups in total. The molecule has 0 aromatic carbocycles. The summed E-state index contributed by atoms with van der Waals surface area (Å²) >= 11 is 0. The SMILES string of the molecule is C[C@@H](N)c1ccc(-n2cncn2)nc1. The lowest BCUT2D eigenvalue weighted by Crippen LogP contribution is -2.06. The van der Waals surface area contributed by atoms with Crippen molar-refractivity contribution in [1.29, 1.82) is 0 Å². The molecule has 0 saturated carbocycles. The zero-order valence-corrected chi connectivity index (χ0v) is 7.83. The second-order valence-electron chi connectivity index (χ2n) is 3.08. The lowest BCUT2D eigenvalue weighted by Gasteiger charge is -2.05. The van der Waals surface area contributed by atoms with Crippen LogP contribution in [0.2, 0.25) is 0 Å². The highest BCUT2D eigenvalue weighted by Gasteiger charge is 2.01. The first-order valence-electron chi connectivity index (χ1n) is 4.34. The fraction of sp³-hybridized carbons (Fsp3) is 0.222. The van der Waals surface area contributed by atoms with E-state index in [1.807, 2.05) is 19.1 Å². The minimum absolute atomic E-state index is 0.00676. The van der Waals surface area contributed by atoms with Crippen molar-refractivity contribution < 1.29 is 0 Å². The minimum Gasteiger partial charge on any atom is -0.324 e. The van der Waals surface area contributed by atoms with Crippen LogP contribution in [0.3, 0.4) is 0 Å². The molecule has 0 aliphatic carbocycles. The van der Waals surface area contributed by atoms with Gasteiger partial charge in [-0.2, -0.15) is 5.10 Å². The molecule has 72 valence electrons. The Labute approximate surface area is 81.6 Å². The van der Waals surface area contributed by atoms with Crippen LogP contribution in [0.1, 0.15) is 18.5 Å². The van der Waals surface area contributed by atoms with Crippen LogP contribution in [-0.2, 0) is 0 Å². The first kappa shape index (κ1) is 8.83. The molecule has 0 saturated heterocycles. The molecule has 0 bridgehead atoms. The van der Waals surface area contributed by atoms with Crippen molar-refractivity contribution in [2.24, 2.45) is 5.73 Å². The van der Waals surface area contributed by atoms with E-state index in [1.165, 1.54) is 6.33 Å². The first-order valence-corrected chi connectivity index (χ1v) is 4.34. The van der Waals surface area contributed by atoms with E-state index in [4.69, 9.17) is 5.73 Å². The van der Waals surface area contributed by atoms with Crippen molar-refractivity contribution in [3.05, 3.63) is 36.5 Å². The Kier molecular flexibility index (Phi) is 2.24. The molecule has 1 atom stereocenters. The molecule has 2 aromatic rings. The third kappa shape index (κ3) is 1.62. The van der Waals surface area contributed by atoms with Gasteiger partial charge in [-0.25, -0.2) is 14.6 Å². The number of aromatic nitrogens is 4. The van der Waals surface area contributed by atoms with Gasteiger partial charge in [0.15, 0.2) is 5.82 Å². The summed E-state index contributed by atoms with van der Waals surface area (Å²) in [6, 6.07) is 3.81. The molecule has 2 rings (SSSR count). The van der Waals surface area contributed by atoms with Gasteiger partial charge in [0.25, 0.3) is 0 Å². The molecule has 0 aliphatic rings. The predicted octanol–water partition coefficient (Wildman–Crippen LogP) is 0.682. The van der Waals surface area contributed by atoms with Crippen molar-refractivity contribution >= 4 is 0 Å². The Hall–Kier alpha value is -1.75. The maximum Gasteiger partial charge on any atom is 0.155 e. The third-order valence-electron chi connectivity index (χ3n) is 1.95. The second kappa shape index (κ2) is 3.55. The monoisotopic (exact) mass is 189 g/mol.